The molecule has 5 heteroatoms. The smallest absolute Gasteiger partial charge is 0.171 e. The van der Waals surface area contributed by atoms with Gasteiger partial charge in [0, 0.05) is 9.85 Å². The monoisotopic (exact) mass is 368 g/mol. The molecule has 1 saturated carbocycles. The molecule has 1 aliphatic carbocycles. The zero-order valence-electron chi connectivity index (χ0n) is 11.0. The summed E-state index contributed by atoms with van der Waals surface area (Å²) in [6, 6.07) is 7.33. The summed E-state index contributed by atoms with van der Waals surface area (Å²) in [5.41, 5.74) is 0.978. The maximum Gasteiger partial charge on any atom is 0.392 e. The Morgan fingerprint density at radius 1 is 1.25 bits per heavy atom. The Kier molecular flexibility index (Phi) is 5.41. The van der Waals surface area contributed by atoms with Crippen LogP contribution in [0, 0.1) is 11.8 Å². The second kappa shape index (κ2) is 6.69. The van der Waals surface area contributed by atoms with Crippen molar-refractivity contribution in [1.82, 2.24) is 0 Å². The van der Waals surface area contributed by atoms with Crippen LogP contribution in [-0.2, 0) is 6.42 Å². The van der Waals surface area contributed by atoms with Crippen molar-refractivity contribution in [2.24, 2.45) is 11.8 Å². The van der Waals surface area contributed by atoms with Gasteiger partial charge in [-0.2, -0.15) is 13.2 Å². The molecule has 112 valence electrons. The van der Waals surface area contributed by atoms with Crippen LogP contribution in [0.25, 0.3) is 0 Å². The zero-order valence-corrected chi connectivity index (χ0v) is 13.3. The lowest BCUT2D eigenvalue weighted by Gasteiger charge is -2.36. The van der Waals surface area contributed by atoms with Crippen LogP contribution < -0.4 is 0 Å². The maximum absolute atomic E-state index is 13.1. The van der Waals surface area contributed by atoms with Gasteiger partial charge in [0.1, 0.15) is 0 Å². The van der Waals surface area contributed by atoms with Crippen molar-refractivity contribution in [3.63, 3.8) is 0 Å². The largest absolute Gasteiger partial charge is 0.392 e. The summed E-state index contributed by atoms with van der Waals surface area (Å²) in [6.07, 6.45) is -1.05. The minimum Gasteiger partial charge on any atom is -0.171 e. The molecule has 0 N–H and O–H groups in total. The van der Waals surface area contributed by atoms with Gasteiger partial charge in [-0.3, -0.25) is 0 Å². The van der Waals surface area contributed by atoms with Gasteiger partial charge in [-0.15, -0.1) is 0 Å². The molecule has 1 aromatic rings. The van der Waals surface area contributed by atoms with Crippen LogP contribution in [-0.4, -0.2) is 11.0 Å². The lowest BCUT2D eigenvalue weighted by atomic mass is 9.76. The molecule has 0 heterocycles. The van der Waals surface area contributed by atoms with Crippen molar-refractivity contribution in [1.29, 1.82) is 0 Å². The zero-order chi connectivity index (χ0) is 14.8. The van der Waals surface area contributed by atoms with Crippen molar-refractivity contribution >= 4 is 27.5 Å². The van der Waals surface area contributed by atoms with E-state index in [1.54, 1.807) is 6.07 Å². The van der Waals surface area contributed by atoms with Crippen LogP contribution in [0.4, 0.5) is 13.2 Å². The van der Waals surface area contributed by atoms with E-state index in [9.17, 15) is 13.2 Å². The molecule has 1 fully saturated rings. The van der Waals surface area contributed by atoms with E-state index in [2.05, 4.69) is 15.9 Å². The van der Waals surface area contributed by atoms with Crippen molar-refractivity contribution in [2.75, 3.05) is 0 Å². The molecule has 0 aliphatic heterocycles. The van der Waals surface area contributed by atoms with Crippen LogP contribution >= 0.6 is 27.5 Å². The molecule has 0 amide bonds. The van der Waals surface area contributed by atoms with E-state index in [0.717, 1.165) is 12.0 Å². The lowest BCUT2D eigenvalue weighted by molar-refractivity contribution is -0.196. The van der Waals surface area contributed by atoms with Crippen LogP contribution in [0.15, 0.2) is 24.3 Å². The number of alkyl halides is 4. The average Bonchev–Trinajstić information content (AvgIpc) is 2.37. The molecule has 1 aliphatic rings. The fourth-order valence-corrected chi connectivity index (χ4v) is 4.26. The molecule has 1 aromatic carbocycles. The van der Waals surface area contributed by atoms with E-state index in [-0.39, 0.29) is 17.2 Å². The molecule has 0 bridgehead atoms. The highest BCUT2D eigenvalue weighted by Crippen LogP contribution is 2.45. The van der Waals surface area contributed by atoms with Crippen molar-refractivity contribution in [3.8, 4) is 0 Å². The first-order valence-electron chi connectivity index (χ1n) is 6.83. The molecule has 0 spiro atoms. The highest BCUT2D eigenvalue weighted by Gasteiger charge is 2.47. The normalized spacial score (nSPS) is 25.4. The Hall–Kier alpha value is -0.220. The molecule has 0 aromatic heterocycles. The lowest BCUT2D eigenvalue weighted by Crippen LogP contribution is -2.38. The number of halogens is 5. The standard InChI is InChI=1S/C15H17BrClF3/c16-14(9-10-4-3-5-11(17)8-10)12-6-1-2-7-13(12)15(18,19)20/h3-5,8,12-14H,1-2,6-7,9H2. The van der Waals surface area contributed by atoms with E-state index in [0.29, 0.717) is 24.3 Å². The predicted molar refractivity (Wildman–Crippen MR) is 79.4 cm³/mol. The Morgan fingerprint density at radius 2 is 1.95 bits per heavy atom. The molecular formula is C15H17BrClF3. The summed E-state index contributed by atoms with van der Waals surface area (Å²) < 4.78 is 39.3. The fourth-order valence-electron chi connectivity index (χ4n) is 3.04. The third-order valence-electron chi connectivity index (χ3n) is 4.02. The quantitative estimate of drug-likeness (QED) is 0.572. The summed E-state index contributed by atoms with van der Waals surface area (Å²) in [6.45, 7) is 0. The molecule has 0 radical (unpaired) electrons. The number of benzene rings is 1. The second-order valence-corrected chi connectivity index (χ2v) is 7.06. The van der Waals surface area contributed by atoms with E-state index in [1.807, 2.05) is 18.2 Å². The van der Waals surface area contributed by atoms with Gasteiger partial charge in [0.2, 0.25) is 0 Å². The summed E-state index contributed by atoms with van der Waals surface area (Å²) in [5.74, 6) is -1.53. The van der Waals surface area contributed by atoms with Gasteiger partial charge in [-0.25, -0.2) is 0 Å². The molecular weight excluding hydrogens is 353 g/mol. The van der Waals surface area contributed by atoms with Crippen LogP contribution in [0.3, 0.4) is 0 Å². The summed E-state index contributed by atoms with van der Waals surface area (Å²) >= 11 is 9.41. The SMILES string of the molecule is FC(F)(F)C1CCCCC1C(Br)Cc1cccc(Cl)c1. The number of rotatable bonds is 3. The Bertz CT molecular complexity index is 447. The van der Waals surface area contributed by atoms with E-state index in [1.165, 1.54) is 0 Å². The average molecular weight is 370 g/mol. The Balaban J connectivity index is 2.08. The first-order chi connectivity index (χ1) is 9.38. The summed E-state index contributed by atoms with van der Waals surface area (Å²) in [7, 11) is 0. The van der Waals surface area contributed by atoms with Gasteiger partial charge < -0.3 is 0 Å². The van der Waals surface area contributed by atoms with E-state index < -0.39 is 12.1 Å². The van der Waals surface area contributed by atoms with Gasteiger partial charge in [0.05, 0.1) is 5.92 Å². The van der Waals surface area contributed by atoms with Crippen LogP contribution in [0.2, 0.25) is 5.02 Å². The minimum atomic E-state index is -4.09. The van der Waals surface area contributed by atoms with Crippen molar-refractivity contribution in [3.05, 3.63) is 34.9 Å². The second-order valence-electron chi connectivity index (χ2n) is 5.45. The van der Waals surface area contributed by atoms with Gasteiger partial charge in [-0.05, 0) is 42.9 Å². The Labute approximate surface area is 130 Å². The maximum atomic E-state index is 13.1. The fraction of sp³-hybridized carbons (Fsp3) is 0.600. The third kappa shape index (κ3) is 4.14. The molecule has 3 atom stereocenters. The van der Waals surface area contributed by atoms with E-state index in [4.69, 9.17) is 11.6 Å². The third-order valence-corrected chi connectivity index (χ3v) is 5.26. The van der Waals surface area contributed by atoms with Crippen LogP contribution in [0.1, 0.15) is 31.2 Å². The summed E-state index contributed by atoms with van der Waals surface area (Å²) in [4.78, 5) is -0.159. The number of hydrogen-bond acceptors (Lipinski definition) is 0. The molecule has 0 saturated heterocycles. The Morgan fingerprint density at radius 3 is 2.60 bits per heavy atom. The molecule has 0 nitrogen and oxygen atoms in total. The highest BCUT2D eigenvalue weighted by molar-refractivity contribution is 9.09. The first kappa shape index (κ1) is 16.2. The topological polar surface area (TPSA) is 0 Å². The van der Waals surface area contributed by atoms with Gasteiger partial charge in [-0.1, -0.05) is 52.5 Å². The minimum absolute atomic E-state index is 0.159. The van der Waals surface area contributed by atoms with Gasteiger partial charge in [0.25, 0.3) is 0 Å². The van der Waals surface area contributed by atoms with Gasteiger partial charge in [0.15, 0.2) is 0 Å². The predicted octanol–water partition coefficient (Wildman–Crippen LogP) is 6.01. The van der Waals surface area contributed by atoms with Crippen molar-refractivity contribution in [2.45, 2.75) is 43.1 Å². The van der Waals surface area contributed by atoms with E-state index >= 15 is 0 Å². The van der Waals surface area contributed by atoms with Crippen LogP contribution in [0.5, 0.6) is 0 Å². The molecule has 3 unspecified atom stereocenters. The molecule has 20 heavy (non-hydrogen) atoms. The van der Waals surface area contributed by atoms with Crippen molar-refractivity contribution < 1.29 is 13.2 Å². The number of hydrogen-bond donors (Lipinski definition) is 0. The van der Waals surface area contributed by atoms with Gasteiger partial charge >= 0.3 is 6.18 Å². The summed E-state index contributed by atoms with van der Waals surface area (Å²) in [5, 5.41) is 0.623. The first-order valence-corrected chi connectivity index (χ1v) is 8.12. The molecule has 2 rings (SSSR count). The highest BCUT2D eigenvalue weighted by atomic mass is 79.9.